The van der Waals surface area contributed by atoms with E-state index in [0.29, 0.717) is 0 Å². The van der Waals surface area contributed by atoms with Gasteiger partial charge in [-0.2, -0.15) is 0 Å². The predicted octanol–water partition coefficient (Wildman–Crippen LogP) is 1.93. The van der Waals surface area contributed by atoms with E-state index in [1.807, 2.05) is 5.38 Å². The average molecular weight is 253 g/mol. The van der Waals surface area contributed by atoms with Crippen LogP contribution in [0.3, 0.4) is 0 Å². The lowest BCUT2D eigenvalue weighted by Crippen LogP contribution is -2.32. The summed E-state index contributed by atoms with van der Waals surface area (Å²) in [5, 5.41) is 6.15. The van der Waals surface area contributed by atoms with Gasteiger partial charge in [0.15, 0.2) is 0 Å². The molecule has 2 aliphatic heterocycles. The van der Waals surface area contributed by atoms with Gasteiger partial charge < -0.3 is 4.74 Å². The fourth-order valence-corrected chi connectivity index (χ4v) is 3.47. The largest absolute Gasteiger partial charge is 0.373 e. The third-order valence-electron chi connectivity index (χ3n) is 4.05. The van der Waals surface area contributed by atoms with Gasteiger partial charge in [-0.1, -0.05) is 17.8 Å². The van der Waals surface area contributed by atoms with Gasteiger partial charge >= 0.3 is 0 Å². The molecule has 1 spiro atoms. The maximum absolute atomic E-state index is 6.08. The third-order valence-corrected chi connectivity index (χ3v) is 4.60. The van der Waals surface area contributed by atoms with Gasteiger partial charge in [-0.25, -0.2) is 0 Å². The van der Waals surface area contributed by atoms with Crippen molar-refractivity contribution in [3.05, 3.63) is 11.1 Å². The zero-order valence-electron chi connectivity index (χ0n) is 10.3. The van der Waals surface area contributed by atoms with Crippen molar-refractivity contribution in [3.8, 4) is 0 Å². The molecule has 4 nitrogen and oxygen atoms in total. The van der Waals surface area contributed by atoms with Crippen LogP contribution in [0.1, 0.15) is 31.9 Å². The van der Waals surface area contributed by atoms with E-state index < -0.39 is 0 Å². The van der Waals surface area contributed by atoms with E-state index in [9.17, 15) is 0 Å². The normalized spacial score (nSPS) is 33.8. The minimum atomic E-state index is 0.157. The highest BCUT2D eigenvalue weighted by atomic mass is 32.1. The standard InChI is InChI=1S/C12H19N3OS/c1-2-10-5-12(16-7-10)3-4-15(9-12)6-11-8-17-14-13-11/h8,10H,2-7,9H2,1H3. The van der Waals surface area contributed by atoms with E-state index in [4.69, 9.17) is 4.74 Å². The molecule has 3 heterocycles. The molecule has 0 aromatic carbocycles. The van der Waals surface area contributed by atoms with Gasteiger partial charge in [-0.05, 0) is 30.3 Å². The van der Waals surface area contributed by atoms with Crippen LogP contribution >= 0.6 is 11.5 Å². The van der Waals surface area contributed by atoms with Crippen LogP contribution in [0.25, 0.3) is 0 Å². The summed E-state index contributed by atoms with van der Waals surface area (Å²) < 4.78 is 9.99. The Morgan fingerprint density at radius 2 is 2.59 bits per heavy atom. The van der Waals surface area contributed by atoms with Crippen LogP contribution in [0.5, 0.6) is 0 Å². The highest BCUT2D eigenvalue weighted by molar-refractivity contribution is 7.03. The summed E-state index contributed by atoms with van der Waals surface area (Å²) in [6, 6.07) is 0. The molecule has 5 heteroatoms. The Hall–Kier alpha value is -0.520. The molecule has 1 aromatic rings. The molecule has 2 unspecified atom stereocenters. The molecule has 2 atom stereocenters. The second-order valence-corrected chi connectivity index (χ2v) is 5.94. The molecule has 2 aliphatic rings. The van der Waals surface area contributed by atoms with Gasteiger partial charge in [-0.15, -0.1) is 5.10 Å². The Bertz CT molecular complexity index is 370. The molecule has 0 saturated carbocycles. The van der Waals surface area contributed by atoms with E-state index in [0.717, 1.165) is 37.9 Å². The number of aromatic nitrogens is 2. The van der Waals surface area contributed by atoms with Crippen molar-refractivity contribution in [2.75, 3.05) is 19.7 Å². The van der Waals surface area contributed by atoms with Gasteiger partial charge in [0.25, 0.3) is 0 Å². The molecule has 0 bridgehead atoms. The van der Waals surface area contributed by atoms with E-state index in [2.05, 4.69) is 21.4 Å². The maximum atomic E-state index is 6.08. The van der Waals surface area contributed by atoms with Crippen molar-refractivity contribution >= 4 is 11.5 Å². The van der Waals surface area contributed by atoms with Crippen LogP contribution in [-0.4, -0.2) is 39.8 Å². The van der Waals surface area contributed by atoms with Crippen molar-refractivity contribution < 1.29 is 4.74 Å². The van der Waals surface area contributed by atoms with Crippen molar-refractivity contribution in [3.63, 3.8) is 0 Å². The Labute approximate surface area is 106 Å². The van der Waals surface area contributed by atoms with Gasteiger partial charge in [0.05, 0.1) is 17.9 Å². The van der Waals surface area contributed by atoms with Crippen molar-refractivity contribution in [2.24, 2.45) is 5.92 Å². The number of likely N-dealkylation sites (tertiary alicyclic amines) is 1. The number of hydrogen-bond donors (Lipinski definition) is 0. The molecule has 2 fully saturated rings. The summed E-state index contributed by atoms with van der Waals surface area (Å²) in [7, 11) is 0. The van der Waals surface area contributed by atoms with E-state index in [-0.39, 0.29) is 5.60 Å². The van der Waals surface area contributed by atoms with Gasteiger partial charge in [0.1, 0.15) is 0 Å². The van der Waals surface area contributed by atoms with Gasteiger partial charge in [-0.3, -0.25) is 4.90 Å². The molecular formula is C12H19N3OS. The number of rotatable bonds is 3. The smallest absolute Gasteiger partial charge is 0.0895 e. The van der Waals surface area contributed by atoms with Crippen LogP contribution < -0.4 is 0 Å². The van der Waals surface area contributed by atoms with Crippen LogP contribution in [0, 0.1) is 5.92 Å². The van der Waals surface area contributed by atoms with E-state index in [1.54, 1.807) is 0 Å². The lowest BCUT2D eigenvalue weighted by atomic mass is 9.92. The minimum absolute atomic E-state index is 0.157. The first-order valence-corrected chi connectivity index (χ1v) is 7.25. The quantitative estimate of drug-likeness (QED) is 0.825. The molecule has 1 aromatic heterocycles. The molecule has 0 amide bonds. The summed E-state index contributed by atoms with van der Waals surface area (Å²) in [4.78, 5) is 2.45. The Morgan fingerprint density at radius 1 is 1.65 bits per heavy atom. The fraction of sp³-hybridized carbons (Fsp3) is 0.833. The van der Waals surface area contributed by atoms with Gasteiger partial charge in [0.2, 0.25) is 0 Å². The molecule has 3 rings (SSSR count). The number of nitrogens with zero attached hydrogens (tertiary/aromatic N) is 3. The average Bonchev–Trinajstić information content (AvgIpc) is 3.03. The van der Waals surface area contributed by atoms with Crippen LogP contribution in [-0.2, 0) is 11.3 Å². The lowest BCUT2D eigenvalue weighted by molar-refractivity contribution is 0.0110. The molecule has 0 radical (unpaired) electrons. The Kier molecular flexibility index (Phi) is 3.15. The fourth-order valence-electron chi connectivity index (χ4n) is 3.03. The van der Waals surface area contributed by atoms with Crippen molar-refractivity contribution in [2.45, 2.75) is 38.3 Å². The zero-order chi connectivity index (χ0) is 11.7. The minimum Gasteiger partial charge on any atom is -0.373 e. The zero-order valence-corrected chi connectivity index (χ0v) is 11.1. The Morgan fingerprint density at radius 3 is 3.29 bits per heavy atom. The SMILES string of the molecule is CCC1COC2(CCN(Cc3csnn3)C2)C1. The second-order valence-electron chi connectivity index (χ2n) is 5.33. The first-order valence-electron chi connectivity index (χ1n) is 6.42. The van der Waals surface area contributed by atoms with Crippen molar-refractivity contribution in [1.29, 1.82) is 0 Å². The maximum Gasteiger partial charge on any atom is 0.0895 e. The van der Waals surface area contributed by atoms with Crippen molar-refractivity contribution in [1.82, 2.24) is 14.5 Å². The topological polar surface area (TPSA) is 38.2 Å². The summed E-state index contributed by atoms with van der Waals surface area (Å²) in [6.07, 6.45) is 3.67. The van der Waals surface area contributed by atoms with Gasteiger partial charge in [0, 0.05) is 25.0 Å². The molecule has 17 heavy (non-hydrogen) atoms. The molecule has 94 valence electrons. The summed E-state index contributed by atoms with van der Waals surface area (Å²) in [5.41, 5.74) is 1.25. The molecule has 0 N–H and O–H groups in total. The lowest BCUT2D eigenvalue weighted by Gasteiger charge is -2.23. The summed E-state index contributed by atoms with van der Waals surface area (Å²) >= 11 is 1.43. The number of ether oxygens (including phenoxy) is 1. The predicted molar refractivity (Wildman–Crippen MR) is 66.9 cm³/mol. The monoisotopic (exact) mass is 253 g/mol. The molecule has 0 aliphatic carbocycles. The van der Waals surface area contributed by atoms with Crippen LogP contribution in [0.2, 0.25) is 0 Å². The number of hydrogen-bond acceptors (Lipinski definition) is 5. The second kappa shape index (κ2) is 4.63. The highest BCUT2D eigenvalue weighted by Gasteiger charge is 2.44. The summed E-state index contributed by atoms with van der Waals surface area (Å²) in [6.45, 7) is 6.36. The molecule has 2 saturated heterocycles. The molecular weight excluding hydrogens is 234 g/mol. The first kappa shape index (κ1) is 11.6. The van der Waals surface area contributed by atoms with E-state index >= 15 is 0 Å². The van der Waals surface area contributed by atoms with Crippen LogP contribution in [0.15, 0.2) is 5.38 Å². The summed E-state index contributed by atoms with van der Waals surface area (Å²) in [5.74, 6) is 0.774. The Balaban J connectivity index is 1.58. The third kappa shape index (κ3) is 2.37. The highest BCUT2D eigenvalue weighted by Crippen LogP contribution is 2.39. The first-order chi connectivity index (χ1) is 8.30. The van der Waals surface area contributed by atoms with Crippen LogP contribution in [0.4, 0.5) is 0 Å². The van der Waals surface area contributed by atoms with E-state index in [1.165, 1.54) is 30.8 Å².